The Morgan fingerprint density at radius 3 is 1.14 bits per heavy atom. The van der Waals surface area contributed by atoms with Gasteiger partial charge >= 0.3 is 12.4 Å². The Morgan fingerprint density at radius 1 is 0.424 bits per heavy atom. The molecule has 6 aromatic rings. The number of aryl methyl sites for hydroxylation is 2. The van der Waals surface area contributed by atoms with Gasteiger partial charge in [0.15, 0.2) is 0 Å². The molecular weight excluding hydrogens is 923 g/mol. The summed E-state index contributed by atoms with van der Waals surface area (Å²) in [7, 11) is 0. The van der Waals surface area contributed by atoms with Gasteiger partial charge in [-0.05, 0) is 96.5 Å². The number of thiophene rings is 2. The van der Waals surface area contributed by atoms with Gasteiger partial charge in [-0.25, -0.2) is 0 Å². The van der Waals surface area contributed by atoms with Gasteiger partial charge in [0.05, 0.1) is 34.2 Å². The Kier molecular flexibility index (Phi) is 18.3. The second-order valence-corrected chi connectivity index (χ2v) is 20.8. The van der Waals surface area contributed by atoms with Gasteiger partial charge in [-0.15, -0.1) is 22.7 Å². The third-order valence-electron chi connectivity index (χ3n) is 12.6. The number of alkyl halides is 6. The number of nitrogens with zero attached hydrogens (tertiary/aromatic N) is 4. The lowest BCUT2D eigenvalue weighted by Gasteiger charge is -2.14. The molecular formula is C52H60F6N4S4. The molecule has 0 N–H and O–H groups in total. The van der Waals surface area contributed by atoms with Crippen LogP contribution in [-0.4, -0.2) is 8.75 Å². The maximum atomic E-state index is 14.2. The van der Waals surface area contributed by atoms with Crippen molar-refractivity contribution in [3.05, 3.63) is 82.9 Å². The van der Waals surface area contributed by atoms with E-state index < -0.39 is 23.5 Å². The molecule has 3 aromatic carbocycles. The van der Waals surface area contributed by atoms with Crippen molar-refractivity contribution in [2.24, 2.45) is 8.73 Å². The van der Waals surface area contributed by atoms with E-state index in [9.17, 15) is 26.3 Å². The standard InChI is InChI=1S/C52H60F6N4S4/c1-3-5-7-9-11-13-15-17-19-21-23-35-33-37(25-27-39(35)51(53,54)55)41-29-31-43(63-41)45-47-49(61-65-59-47)46(50-48(45)60-66-62-50)44-32-30-42(64-44)38-26-28-40(52(56,57)58)36(34-38)24-22-20-18-16-14-12-10-8-6-4-2/h25-34H,3-24H2,1-2H3. The van der Waals surface area contributed by atoms with Gasteiger partial charge in [-0.1, -0.05) is 142 Å². The number of aromatic nitrogens is 2. The smallest absolute Gasteiger partial charge is 0.172 e. The van der Waals surface area contributed by atoms with Crippen LogP contribution in [0, 0.1) is 0 Å². The fourth-order valence-corrected chi connectivity index (χ4v) is 12.3. The maximum Gasteiger partial charge on any atom is 0.416 e. The Hall–Kier alpha value is -3.72. The van der Waals surface area contributed by atoms with Gasteiger partial charge in [0.1, 0.15) is 22.4 Å². The average molecular weight is 983 g/mol. The number of hydrogen-bond acceptors (Lipinski definition) is 7. The molecule has 66 heavy (non-hydrogen) atoms. The van der Waals surface area contributed by atoms with Gasteiger partial charge in [-0.2, -0.15) is 43.8 Å². The Balaban J connectivity index is 1.08. The fourth-order valence-electron chi connectivity index (χ4n) is 9.05. The van der Waals surface area contributed by atoms with E-state index in [1.807, 2.05) is 24.3 Å². The van der Waals surface area contributed by atoms with Crippen LogP contribution < -0.4 is 0 Å². The molecule has 4 heterocycles. The van der Waals surface area contributed by atoms with E-state index in [0.717, 1.165) is 103 Å². The molecule has 0 saturated carbocycles. The average Bonchev–Trinajstić information content (AvgIpc) is 4.15. The number of halogens is 6. The van der Waals surface area contributed by atoms with Crippen molar-refractivity contribution in [3.63, 3.8) is 0 Å². The first-order valence-electron chi connectivity index (χ1n) is 24.0. The minimum Gasteiger partial charge on any atom is -0.172 e. The van der Waals surface area contributed by atoms with Crippen molar-refractivity contribution in [2.75, 3.05) is 0 Å². The lowest BCUT2D eigenvalue weighted by Crippen LogP contribution is -2.09. The molecule has 0 spiro atoms. The van der Waals surface area contributed by atoms with Crippen molar-refractivity contribution in [1.82, 2.24) is 8.75 Å². The molecule has 1 aliphatic heterocycles. The highest BCUT2D eigenvalue weighted by molar-refractivity contribution is 7.58. The quantitative estimate of drug-likeness (QED) is 0.0401. The lowest BCUT2D eigenvalue weighted by atomic mass is 9.97. The van der Waals surface area contributed by atoms with Crippen LogP contribution in [0.1, 0.15) is 165 Å². The minimum absolute atomic E-state index is 0.327. The summed E-state index contributed by atoms with van der Waals surface area (Å²) >= 11 is 5.12. The molecule has 1 aliphatic rings. The zero-order valence-corrected chi connectivity index (χ0v) is 41.3. The molecule has 0 radical (unpaired) electrons. The van der Waals surface area contributed by atoms with Crippen LogP contribution in [0.15, 0.2) is 69.4 Å². The lowest BCUT2D eigenvalue weighted by molar-refractivity contribution is -0.139. The van der Waals surface area contributed by atoms with Crippen molar-refractivity contribution < 1.29 is 26.3 Å². The van der Waals surface area contributed by atoms with Gasteiger partial charge in [0.25, 0.3) is 0 Å². The SMILES string of the molecule is CCCCCCCCCCCCc1cc(-c2ccc(-c3c4c(c(-c5ccc(-c6ccc(C(F)(F)F)c(CCCCCCCCCCCC)c6)s5)c5nsnc35)N=S=N4)s2)ccc1C(F)(F)F. The minimum atomic E-state index is -4.43. The van der Waals surface area contributed by atoms with Crippen LogP contribution in [0.2, 0.25) is 0 Å². The number of unbranched alkanes of at least 4 members (excludes halogenated alkanes) is 18. The molecule has 354 valence electrons. The number of hydrogen-bond donors (Lipinski definition) is 0. The van der Waals surface area contributed by atoms with Gasteiger partial charge in [-0.3, -0.25) is 0 Å². The predicted octanol–water partition coefficient (Wildman–Crippen LogP) is 20.2. The van der Waals surface area contributed by atoms with Crippen molar-refractivity contribution in [2.45, 2.75) is 167 Å². The first-order chi connectivity index (χ1) is 32.0. The van der Waals surface area contributed by atoms with Crippen LogP contribution in [0.3, 0.4) is 0 Å². The number of fused-ring (bicyclic) bond motifs is 2. The fraction of sp³-hybridized carbons (Fsp3) is 0.500. The zero-order valence-electron chi connectivity index (χ0n) is 38.0. The number of benzene rings is 3. The zero-order chi connectivity index (χ0) is 46.5. The van der Waals surface area contributed by atoms with E-state index >= 15 is 0 Å². The molecule has 7 rings (SSSR count). The number of rotatable bonds is 26. The normalized spacial score (nSPS) is 12.7. The van der Waals surface area contributed by atoms with E-state index in [0.29, 0.717) is 59.2 Å². The maximum absolute atomic E-state index is 14.2. The van der Waals surface area contributed by atoms with E-state index in [1.165, 1.54) is 112 Å². The van der Waals surface area contributed by atoms with Gasteiger partial charge in [0.2, 0.25) is 0 Å². The first kappa shape index (κ1) is 50.2. The summed E-state index contributed by atoms with van der Waals surface area (Å²) in [5, 5.41) is 0. The van der Waals surface area contributed by atoms with Crippen molar-refractivity contribution in [1.29, 1.82) is 0 Å². The molecule has 0 unspecified atom stereocenters. The summed E-state index contributed by atoms with van der Waals surface area (Å²) in [5.74, 6) is 0. The molecule has 3 aromatic heterocycles. The molecule has 0 saturated heterocycles. The topological polar surface area (TPSA) is 50.5 Å². The van der Waals surface area contributed by atoms with E-state index in [4.69, 9.17) is 17.5 Å². The summed E-state index contributed by atoms with van der Waals surface area (Å²) in [6.07, 6.45) is 14.4. The molecule has 0 fully saturated rings. The van der Waals surface area contributed by atoms with E-state index in [-0.39, 0.29) is 0 Å². The summed E-state index contributed by atoms with van der Waals surface area (Å²) in [5.41, 5.74) is 5.15. The van der Waals surface area contributed by atoms with Crippen molar-refractivity contribution in [3.8, 4) is 41.8 Å². The van der Waals surface area contributed by atoms with Crippen LogP contribution in [-0.2, 0) is 36.5 Å². The summed E-state index contributed by atoms with van der Waals surface area (Å²) in [6, 6.07) is 16.8. The third kappa shape index (κ3) is 12.9. The highest BCUT2D eigenvalue weighted by Crippen LogP contribution is 2.55. The van der Waals surface area contributed by atoms with Crippen LogP contribution >= 0.6 is 34.4 Å². The predicted molar refractivity (Wildman–Crippen MR) is 268 cm³/mol. The van der Waals surface area contributed by atoms with Crippen LogP contribution in [0.4, 0.5) is 37.7 Å². The largest absolute Gasteiger partial charge is 0.416 e. The molecule has 0 atom stereocenters. The molecule has 4 nitrogen and oxygen atoms in total. The van der Waals surface area contributed by atoms with Crippen molar-refractivity contribution >= 4 is 68.2 Å². The van der Waals surface area contributed by atoms with E-state index in [2.05, 4.69) is 13.8 Å². The van der Waals surface area contributed by atoms with Crippen LogP contribution in [0.25, 0.3) is 52.8 Å². The Morgan fingerprint density at radius 2 is 0.773 bits per heavy atom. The summed E-state index contributed by atoms with van der Waals surface area (Å²) in [6.45, 7) is 4.42. The van der Waals surface area contributed by atoms with Gasteiger partial charge < -0.3 is 0 Å². The highest BCUT2D eigenvalue weighted by Gasteiger charge is 2.35. The molecule has 0 bridgehead atoms. The summed E-state index contributed by atoms with van der Waals surface area (Å²) in [4.78, 5) is 3.39. The van der Waals surface area contributed by atoms with E-state index in [1.54, 1.807) is 24.3 Å². The Labute approximate surface area is 401 Å². The first-order valence-corrected chi connectivity index (χ1v) is 27.1. The van der Waals surface area contributed by atoms with Crippen LogP contribution in [0.5, 0.6) is 0 Å². The molecule has 0 amide bonds. The second-order valence-electron chi connectivity index (χ2n) is 17.6. The summed E-state index contributed by atoms with van der Waals surface area (Å²) < 4.78 is 104. The monoisotopic (exact) mass is 982 g/mol. The third-order valence-corrected chi connectivity index (χ3v) is 16.0. The molecule has 0 aliphatic carbocycles. The Bertz CT molecular complexity index is 2410. The second kappa shape index (κ2) is 24.0. The van der Waals surface area contributed by atoms with Gasteiger partial charge in [0, 0.05) is 30.6 Å². The molecule has 14 heteroatoms. The highest BCUT2D eigenvalue weighted by atomic mass is 32.1.